The molecule has 1 unspecified atom stereocenters. The van der Waals surface area contributed by atoms with Crippen LogP contribution in [0.2, 0.25) is 0 Å². The van der Waals surface area contributed by atoms with E-state index in [4.69, 9.17) is 9.47 Å². The Kier molecular flexibility index (Phi) is 11.8. The molecule has 1 aliphatic carbocycles. The summed E-state index contributed by atoms with van der Waals surface area (Å²) < 4.78 is 10.9. The fraction of sp³-hybridized carbons (Fsp3) is 0.909. The molecule has 0 spiro atoms. The SMILES string of the molecule is CN=C(NCC1CCCN(C(=O)OC(C)(C)C)C1)NCC1(CCOC)CCCC1.I. The number of hydrogen-bond acceptors (Lipinski definition) is 4. The zero-order chi connectivity index (χ0) is 21.3. The second kappa shape index (κ2) is 12.9. The molecule has 1 heterocycles. The van der Waals surface area contributed by atoms with Crippen LogP contribution in [0.3, 0.4) is 0 Å². The number of methoxy groups -OCH3 is 1. The molecule has 1 atom stereocenters. The number of piperidine rings is 1. The van der Waals surface area contributed by atoms with E-state index >= 15 is 0 Å². The summed E-state index contributed by atoms with van der Waals surface area (Å²) in [7, 11) is 3.60. The third kappa shape index (κ3) is 9.16. The fourth-order valence-corrected chi connectivity index (χ4v) is 4.42. The van der Waals surface area contributed by atoms with E-state index in [1.54, 1.807) is 7.11 Å². The maximum absolute atomic E-state index is 12.4. The standard InChI is InChI=1S/C22H42N4O3.HI/c1-21(2,3)29-20(27)26-13-8-9-18(16-26)15-24-19(23-4)25-17-22(12-14-28-5)10-6-7-11-22;/h18H,6-17H2,1-5H3,(H2,23,24,25);1H. The molecular formula is C22H43IN4O3. The van der Waals surface area contributed by atoms with Crippen LogP contribution in [0.25, 0.3) is 0 Å². The van der Waals surface area contributed by atoms with E-state index in [2.05, 4.69) is 15.6 Å². The largest absolute Gasteiger partial charge is 0.444 e. The maximum Gasteiger partial charge on any atom is 0.410 e. The van der Waals surface area contributed by atoms with E-state index in [1.165, 1.54) is 25.7 Å². The average molecular weight is 539 g/mol. The fourth-order valence-electron chi connectivity index (χ4n) is 4.42. The van der Waals surface area contributed by atoms with Crippen molar-refractivity contribution in [2.45, 2.75) is 71.3 Å². The maximum atomic E-state index is 12.4. The molecule has 2 rings (SSSR count). The number of guanidine groups is 1. The van der Waals surface area contributed by atoms with Gasteiger partial charge in [-0.3, -0.25) is 4.99 Å². The Morgan fingerprint density at radius 3 is 2.50 bits per heavy atom. The molecule has 2 fully saturated rings. The van der Waals surface area contributed by atoms with E-state index in [9.17, 15) is 4.79 Å². The molecular weight excluding hydrogens is 495 g/mol. The number of nitrogens with one attached hydrogen (secondary N) is 2. The predicted octanol–water partition coefficient (Wildman–Crippen LogP) is 4.01. The number of aliphatic imine (C=N–C) groups is 1. The van der Waals surface area contributed by atoms with Crippen LogP contribution < -0.4 is 10.6 Å². The van der Waals surface area contributed by atoms with Gasteiger partial charge in [-0.1, -0.05) is 12.8 Å². The van der Waals surface area contributed by atoms with Gasteiger partial charge in [-0.15, -0.1) is 24.0 Å². The van der Waals surface area contributed by atoms with Gasteiger partial charge in [0.1, 0.15) is 5.60 Å². The quantitative estimate of drug-likeness (QED) is 0.291. The Labute approximate surface area is 200 Å². The topological polar surface area (TPSA) is 75.2 Å². The summed E-state index contributed by atoms with van der Waals surface area (Å²) in [4.78, 5) is 18.6. The second-order valence-corrected chi connectivity index (χ2v) is 9.69. The highest BCUT2D eigenvalue weighted by molar-refractivity contribution is 14.0. The van der Waals surface area contributed by atoms with Gasteiger partial charge in [-0.25, -0.2) is 4.79 Å². The number of carbonyl (C=O) groups excluding carboxylic acids is 1. The van der Waals surface area contributed by atoms with Gasteiger partial charge in [0.05, 0.1) is 0 Å². The van der Waals surface area contributed by atoms with E-state index < -0.39 is 5.60 Å². The Hall–Kier alpha value is -0.770. The molecule has 7 nitrogen and oxygen atoms in total. The number of nitrogens with zero attached hydrogens (tertiary/aromatic N) is 2. The molecule has 176 valence electrons. The smallest absolute Gasteiger partial charge is 0.410 e. The summed E-state index contributed by atoms with van der Waals surface area (Å²) >= 11 is 0. The van der Waals surface area contributed by atoms with Gasteiger partial charge >= 0.3 is 6.09 Å². The van der Waals surface area contributed by atoms with Crippen molar-refractivity contribution in [1.29, 1.82) is 0 Å². The average Bonchev–Trinajstić information content (AvgIpc) is 3.14. The Morgan fingerprint density at radius 2 is 1.90 bits per heavy atom. The number of ether oxygens (including phenoxy) is 2. The van der Waals surface area contributed by atoms with E-state index in [0.29, 0.717) is 11.3 Å². The molecule has 0 aromatic carbocycles. The molecule has 1 amide bonds. The molecule has 0 aromatic rings. The van der Waals surface area contributed by atoms with E-state index in [0.717, 1.165) is 58.0 Å². The molecule has 0 radical (unpaired) electrons. The zero-order valence-corrected chi connectivity index (χ0v) is 21.9. The highest BCUT2D eigenvalue weighted by Crippen LogP contribution is 2.40. The first kappa shape index (κ1) is 27.3. The predicted molar refractivity (Wildman–Crippen MR) is 133 cm³/mol. The van der Waals surface area contributed by atoms with Crippen LogP contribution in [0.1, 0.15) is 65.7 Å². The van der Waals surface area contributed by atoms with Gasteiger partial charge in [0.25, 0.3) is 0 Å². The minimum Gasteiger partial charge on any atom is -0.444 e. The molecule has 8 heteroatoms. The highest BCUT2D eigenvalue weighted by atomic mass is 127. The first-order chi connectivity index (χ1) is 13.8. The summed E-state index contributed by atoms with van der Waals surface area (Å²) in [6.45, 7) is 9.80. The highest BCUT2D eigenvalue weighted by Gasteiger charge is 2.33. The monoisotopic (exact) mass is 538 g/mol. The normalized spacial score (nSPS) is 21.7. The molecule has 1 saturated heterocycles. The third-order valence-corrected chi connectivity index (χ3v) is 6.08. The van der Waals surface area contributed by atoms with Crippen LogP contribution in [0.5, 0.6) is 0 Å². The van der Waals surface area contributed by atoms with Crippen LogP contribution in [0, 0.1) is 11.3 Å². The van der Waals surface area contributed by atoms with Crippen LogP contribution in [-0.4, -0.2) is 69.5 Å². The summed E-state index contributed by atoms with van der Waals surface area (Å²) in [5.41, 5.74) is -0.126. The van der Waals surface area contributed by atoms with Crippen LogP contribution in [-0.2, 0) is 9.47 Å². The van der Waals surface area contributed by atoms with E-state index in [1.807, 2.05) is 32.7 Å². The number of carbonyl (C=O) groups is 1. The first-order valence-electron chi connectivity index (χ1n) is 11.2. The molecule has 2 aliphatic rings. The molecule has 30 heavy (non-hydrogen) atoms. The number of likely N-dealkylation sites (tertiary alicyclic amines) is 1. The molecule has 0 bridgehead atoms. The lowest BCUT2D eigenvalue weighted by Gasteiger charge is -2.34. The van der Waals surface area contributed by atoms with Crippen LogP contribution >= 0.6 is 24.0 Å². The van der Waals surface area contributed by atoms with Crippen molar-refractivity contribution in [2.24, 2.45) is 16.3 Å². The van der Waals surface area contributed by atoms with Crippen molar-refractivity contribution in [3.8, 4) is 0 Å². The number of rotatable bonds is 7. The van der Waals surface area contributed by atoms with Crippen molar-refractivity contribution in [2.75, 3.05) is 46.9 Å². The van der Waals surface area contributed by atoms with Crippen LogP contribution in [0.4, 0.5) is 4.79 Å². The molecule has 2 N–H and O–H groups in total. The number of hydrogen-bond donors (Lipinski definition) is 2. The third-order valence-electron chi connectivity index (χ3n) is 6.08. The molecule has 1 aliphatic heterocycles. The van der Waals surface area contributed by atoms with Crippen molar-refractivity contribution >= 4 is 36.0 Å². The Morgan fingerprint density at radius 1 is 1.20 bits per heavy atom. The van der Waals surface area contributed by atoms with E-state index in [-0.39, 0.29) is 30.1 Å². The second-order valence-electron chi connectivity index (χ2n) is 9.69. The van der Waals surface area contributed by atoms with Gasteiger partial charge < -0.3 is 25.0 Å². The Balaban J connectivity index is 0.00000450. The summed E-state index contributed by atoms with van der Waals surface area (Å²) in [5, 5.41) is 7.02. The lowest BCUT2D eigenvalue weighted by molar-refractivity contribution is 0.0168. The molecule has 0 aromatic heterocycles. The Bertz CT molecular complexity index is 545. The molecule has 1 saturated carbocycles. The summed E-state index contributed by atoms with van der Waals surface area (Å²) in [6, 6.07) is 0. The zero-order valence-electron chi connectivity index (χ0n) is 19.6. The van der Waals surface area contributed by atoms with Gasteiger partial charge in [0.2, 0.25) is 0 Å². The minimum atomic E-state index is -0.451. The van der Waals surface area contributed by atoms with Gasteiger partial charge in [-0.2, -0.15) is 0 Å². The van der Waals surface area contributed by atoms with Gasteiger partial charge in [0, 0.05) is 46.9 Å². The number of halogens is 1. The lowest BCUT2D eigenvalue weighted by atomic mass is 9.83. The van der Waals surface area contributed by atoms with Crippen molar-refractivity contribution in [1.82, 2.24) is 15.5 Å². The van der Waals surface area contributed by atoms with Gasteiger partial charge in [0.15, 0.2) is 5.96 Å². The number of amides is 1. The van der Waals surface area contributed by atoms with Crippen molar-refractivity contribution in [3.63, 3.8) is 0 Å². The van der Waals surface area contributed by atoms with Gasteiger partial charge in [-0.05, 0) is 64.2 Å². The summed E-state index contributed by atoms with van der Waals surface area (Å²) in [6.07, 6.45) is 8.15. The van der Waals surface area contributed by atoms with Crippen LogP contribution in [0.15, 0.2) is 4.99 Å². The lowest BCUT2D eigenvalue weighted by Crippen LogP contribution is -2.48. The van der Waals surface area contributed by atoms with Crippen molar-refractivity contribution in [3.05, 3.63) is 0 Å². The first-order valence-corrected chi connectivity index (χ1v) is 11.2. The summed E-state index contributed by atoms with van der Waals surface area (Å²) in [5.74, 6) is 1.26. The minimum absolute atomic E-state index is 0. The van der Waals surface area contributed by atoms with Crippen molar-refractivity contribution < 1.29 is 14.3 Å².